The van der Waals surface area contributed by atoms with Crippen LogP contribution in [-0.4, -0.2) is 31.3 Å². The van der Waals surface area contributed by atoms with Crippen molar-refractivity contribution in [1.82, 2.24) is 30.0 Å². The highest BCUT2D eigenvalue weighted by Gasteiger charge is 2.04. The average molecular weight is 218 g/mol. The molecule has 0 spiro atoms. The van der Waals surface area contributed by atoms with Gasteiger partial charge in [-0.15, -0.1) is 0 Å². The molecular formula is C10H14N6. The number of nitrogens with zero attached hydrogens (tertiary/aromatic N) is 5. The summed E-state index contributed by atoms with van der Waals surface area (Å²) in [6, 6.07) is 0. The molecule has 0 saturated carbocycles. The van der Waals surface area contributed by atoms with E-state index in [2.05, 4.69) is 32.3 Å². The zero-order valence-electron chi connectivity index (χ0n) is 9.38. The Labute approximate surface area is 93.8 Å². The van der Waals surface area contributed by atoms with Crippen molar-refractivity contribution >= 4 is 0 Å². The van der Waals surface area contributed by atoms with E-state index in [1.54, 1.807) is 11.0 Å². The van der Waals surface area contributed by atoms with E-state index in [0.717, 1.165) is 24.3 Å². The Hall–Kier alpha value is -1.82. The Kier molecular flexibility index (Phi) is 3.21. The zero-order chi connectivity index (χ0) is 11.4. The van der Waals surface area contributed by atoms with Crippen LogP contribution in [-0.2, 0) is 6.54 Å². The van der Waals surface area contributed by atoms with Crippen LogP contribution in [0.25, 0.3) is 5.95 Å². The molecule has 0 radical (unpaired) electrons. The van der Waals surface area contributed by atoms with Crippen molar-refractivity contribution in [2.45, 2.75) is 20.4 Å². The van der Waals surface area contributed by atoms with Crippen molar-refractivity contribution in [2.75, 3.05) is 6.54 Å². The van der Waals surface area contributed by atoms with Crippen LogP contribution in [0, 0.1) is 6.92 Å². The molecule has 2 aromatic heterocycles. The maximum absolute atomic E-state index is 4.38. The Bertz CT molecular complexity index is 450. The lowest BCUT2D eigenvalue weighted by Crippen LogP contribution is -2.14. The van der Waals surface area contributed by atoms with Gasteiger partial charge in [0.25, 0.3) is 5.95 Å². The molecule has 2 aromatic rings. The van der Waals surface area contributed by atoms with Crippen LogP contribution in [0.1, 0.15) is 18.2 Å². The molecule has 0 fully saturated rings. The predicted molar refractivity (Wildman–Crippen MR) is 59.1 cm³/mol. The number of nitrogens with one attached hydrogen (secondary N) is 1. The van der Waals surface area contributed by atoms with Crippen molar-refractivity contribution in [1.29, 1.82) is 0 Å². The fraction of sp³-hybridized carbons (Fsp3) is 0.400. The van der Waals surface area contributed by atoms with Gasteiger partial charge in [0.05, 0.1) is 0 Å². The van der Waals surface area contributed by atoms with Gasteiger partial charge in [-0.3, -0.25) is 0 Å². The van der Waals surface area contributed by atoms with Crippen LogP contribution >= 0.6 is 0 Å². The Morgan fingerprint density at radius 1 is 1.44 bits per heavy atom. The van der Waals surface area contributed by atoms with Gasteiger partial charge in [0.15, 0.2) is 0 Å². The molecule has 6 nitrogen and oxygen atoms in total. The van der Waals surface area contributed by atoms with Crippen LogP contribution in [0.2, 0.25) is 0 Å². The molecule has 0 saturated heterocycles. The SMILES string of the molecule is CCNCc1cnc(-n2cncn2)nc1C. The highest BCUT2D eigenvalue weighted by atomic mass is 15.4. The molecule has 0 amide bonds. The molecule has 0 aliphatic carbocycles. The van der Waals surface area contributed by atoms with Crippen molar-refractivity contribution in [3.05, 3.63) is 30.1 Å². The first-order valence-electron chi connectivity index (χ1n) is 5.19. The zero-order valence-corrected chi connectivity index (χ0v) is 9.38. The topological polar surface area (TPSA) is 68.5 Å². The lowest BCUT2D eigenvalue weighted by molar-refractivity contribution is 0.708. The second-order valence-electron chi connectivity index (χ2n) is 3.40. The summed E-state index contributed by atoms with van der Waals surface area (Å²) in [7, 11) is 0. The van der Waals surface area contributed by atoms with E-state index in [-0.39, 0.29) is 0 Å². The van der Waals surface area contributed by atoms with Gasteiger partial charge >= 0.3 is 0 Å². The molecule has 6 heteroatoms. The van der Waals surface area contributed by atoms with Crippen LogP contribution in [0.5, 0.6) is 0 Å². The van der Waals surface area contributed by atoms with E-state index >= 15 is 0 Å². The van der Waals surface area contributed by atoms with Crippen LogP contribution in [0.4, 0.5) is 0 Å². The summed E-state index contributed by atoms with van der Waals surface area (Å²) in [6.07, 6.45) is 4.87. The van der Waals surface area contributed by atoms with Crippen molar-refractivity contribution in [3.63, 3.8) is 0 Å². The van der Waals surface area contributed by atoms with Gasteiger partial charge < -0.3 is 5.32 Å². The molecule has 0 unspecified atom stereocenters. The second kappa shape index (κ2) is 4.80. The van der Waals surface area contributed by atoms with Crippen LogP contribution in [0.15, 0.2) is 18.9 Å². The van der Waals surface area contributed by atoms with Crippen LogP contribution < -0.4 is 5.32 Å². The monoisotopic (exact) mass is 218 g/mol. The van der Waals surface area contributed by atoms with Gasteiger partial charge in [-0.2, -0.15) is 9.78 Å². The summed E-state index contributed by atoms with van der Waals surface area (Å²) in [5.41, 5.74) is 2.06. The van der Waals surface area contributed by atoms with E-state index < -0.39 is 0 Å². The summed E-state index contributed by atoms with van der Waals surface area (Å²) in [6.45, 7) is 5.76. The van der Waals surface area contributed by atoms with E-state index in [1.165, 1.54) is 6.33 Å². The third-order valence-corrected chi connectivity index (χ3v) is 2.26. The predicted octanol–water partition coefficient (Wildman–Crippen LogP) is 0.475. The van der Waals surface area contributed by atoms with Crippen LogP contribution in [0.3, 0.4) is 0 Å². The van der Waals surface area contributed by atoms with Gasteiger partial charge in [0, 0.05) is 24.0 Å². The lowest BCUT2D eigenvalue weighted by Gasteiger charge is -2.06. The van der Waals surface area contributed by atoms with Gasteiger partial charge in [-0.25, -0.2) is 15.0 Å². The number of hydrogen-bond donors (Lipinski definition) is 1. The first kappa shape index (κ1) is 10.7. The first-order chi connectivity index (χ1) is 7.81. The van der Waals surface area contributed by atoms with Crippen molar-refractivity contribution in [2.24, 2.45) is 0 Å². The van der Waals surface area contributed by atoms with E-state index in [1.807, 2.05) is 13.1 Å². The van der Waals surface area contributed by atoms with Crippen molar-refractivity contribution in [3.8, 4) is 5.95 Å². The lowest BCUT2D eigenvalue weighted by atomic mass is 10.2. The third-order valence-electron chi connectivity index (χ3n) is 2.26. The minimum absolute atomic E-state index is 0.551. The molecule has 0 aromatic carbocycles. The van der Waals surface area contributed by atoms with Crippen molar-refractivity contribution < 1.29 is 0 Å². The summed E-state index contributed by atoms with van der Waals surface area (Å²) in [5, 5.41) is 7.23. The molecule has 84 valence electrons. The smallest absolute Gasteiger partial charge is 0.252 e. The maximum atomic E-state index is 4.38. The van der Waals surface area contributed by atoms with E-state index in [0.29, 0.717) is 5.95 Å². The van der Waals surface area contributed by atoms with Gasteiger partial charge in [0.2, 0.25) is 0 Å². The normalized spacial score (nSPS) is 10.6. The number of hydrogen-bond acceptors (Lipinski definition) is 5. The summed E-state index contributed by atoms with van der Waals surface area (Å²) in [4.78, 5) is 12.5. The highest BCUT2D eigenvalue weighted by Crippen LogP contribution is 2.05. The Balaban J connectivity index is 2.23. The summed E-state index contributed by atoms with van der Waals surface area (Å²) in [5.74, 6) is 0.551. The Morgan fingerprint density at radius 3 is 2.94 bits per heavy atom. The molecule has 0 atom stereocenters. The fourth-order valence-electron chi connectivity index (χ4n) is 1.33. The molecule has 2 heterocycles. The van der Waals surface area contributed by atoms with E-state index in [9.17, 15) is 0 Å². The van der Waals surface area contributed by atoms with Gasteiger partial charge in [-0.1, -0.05) is 6.92 Å². The number of rotatable bonds is 4. The standard InChI is InChI=1S/C10H14N6/c1-3-11-4-9-5-13-10(15-8(9)2)16-7-12-6-14-16/h5-7,11H,3-4H2,1-2H3. The fourth-order valence-corrected chi connectivity index (χ4v) is 1.33. The van der Waals surface area contributed by atoms with Gasteiger partial charge in [-0.05, 0) is 13.5 Å². The Morgan fingerprint density at radius 2 is 2.31 bits per heavy atom. The molecule has 0 bridgehead atoms. The largest absolute Gasteiger partial charge is 0.313 e. The first-order valence-corrected chi connectivity index (χ1v) is 5.19. The molecular weight excluding hydrogens is 204 g/mol. The minimum atomic E-state index is 0.551. The van der Waals surface area contributed by atoms with E-state index in [4.69, 9.17) is 0 Å². The molecule has 0 aliphatic rings. The maximum Gasteiger partial charge on any atom is 0.252 e. The quantitative estimate of drug-likeness (QED) is 0.808. The summed E-state index contributed by atoms with van der Waals surface area (Å²) < 4.78 is 1.55. The molecule has 1 N–H and O–H groups in total. The summed E-state index contributed by atoms with van der Waals surface area (Å²) >= 11 is 0. The number of aryl methyl sites for hydroxylation is 1. The third kappa shape index (κ3) is 2.22. The van der Waals surface area contributed by atoms with Gasteiger partial charge in [0.1, 0.15) is 12.7 Å². The molecule has 16 heavy (non-hydrogen) atoms. The average Bonchev–Trinajstić information content (AvgIpc) is 2.81. The highest BCUT2D eigenvalue weighted by molar-refractivity contribution is 5.20. The number of aromatic nitrogens is 5. The second-order valence-corrected chi connectivity index (χ2v) is 3.40. The molecule has 0 aliphatic heterocycles. The molecule has 2 rings (SSSR count). The minimum Gasteiger partial charge on any atom is -0.313 e.